The van der Waals surface area contributed by atoms with Gasteiger partial charge in [0.1, 0.15) is 11.4 Å². The molecular weight excluding hydrogens is 388 g/mol. The van der Waals surface area contributed by atoms with Gasteiger partial charge in [0.2, 0.25) is 0 Å². The Morgan fingerprint density at radius 1 is 0.903 bits per heavy atom. The molecule has 31 heavy (non-hydrogen) atoms. The van der Waals surface area contributed by atoms with Crippen LogP contribution >= 0.6 is 0 Å². The first-order chi connectivity index (χ1) is 15.0. The normalized spacial score (nSPS) is 21.8. The number of benzene rings is 2. The van der Waals surface area contributed by atoms with Gasteiger partial charge in [0.05, 0.1) is 18.7 Å². The summed E-state index contributed by atoms with van der Waals surface area (Å²) in [6, 6.07) is 17.2. The van der Waals surface area contributed by atoms with Gasteiger partial charge in [-0.15, -0.1) is 0 Å². The smallest absolute Gasteiger partial charge is 0.278 e. The highest BCUT2D eigenvalue weighted by atomic mass is 16.5. The second kappa shape index (κ2) is 8.96. The van der Waals surface area contributed by atoms with E-state index in [1.54, 1.807) is 0 Å². The molecule has 0 radical (unpaired) electrons. The Hall–Kier alpha value is -3.08. The molecule has 2 aliphatic rings. The number of carbonyl (C=O) groups excluding carboxylic acids is 2. The first-order valence-electron chi connectivity index (χ1n) is 11.1. The monoisotopic (exact) mass is 418 g/mol. The van der Waals surface area contributed by atoms with Gasteiger partial charge in [0.15, 0.2) is 0 Å². The van der Waals surface area contributed by atoms with Gasteiger partial charge in [0.25, 0.3) is 11.8 Å². The average molecular weight is 419 g/mol. The lowest BCUT2D eigenvalue weighted by molar-refractivity contribution is -0.138. The maximum Gasteiger partial charge on any atom is 0.278 e. The minimum absolute atomic E-state index is 0.195. The molecule has 0 aromatic heterocycles. The minimum atomic E-state index is -0.223. The maximum atomic E-state index is 13.6. The Morgan fingerprint density at radius 3 is 2.16 bits per heavy atom. The van der Waals surface area contributed by atoms with E-state index in [1.165, 1.54) is 4.90 Å². The number of hydrogen-bond donors (Lipinski definition) is 0. The minimum Gasteiger partial charge on any atom is -0.494 e. The third-order valence-electron chi connectivity index (χ3n) is 5.97. The van der Waals surface area contributed by atoms with Crippen LogP contribution in [0.25, 0.3) is 5.57 Å². The zero-order valence-electron chi connectivity index (χ0n) is 18.5. The summed E-state index contributed by atoms with van der Waals surface area (Å²) in [6.45, 7) is 8.80. The summed E-state index contributed by atoms with van der Waals surface area (Å²) in [5, 5.41) is 0. The lowest BCUT2D eigenvalue weighted by Gasteiger charge is -2.37. The van der Waals surface area contributed by atoms with Crippen molar-refractivity contribution in [1.82, 2.24) is 9.80 Å². The molecule has 5 heteroatoms. The third kappa shape index (κ3) is 4.36. The lowest BCUT2D eigenvalue weighted by Crippen LogP contribution is -2.41. The lowest BCUT2D eigenvalue weighted by atomic mass is 9.91. The predicted molar refractivity (Wildman–Crippen MR) is 121 cm³/mol. The molecule has 2 atom stereocenters. The van der Waals surface area contributed by atoms with E-state index in [9.17, 15) is 9.59 Å². The summed E-state index contributed by atoms with van der Waals surface area (Å²) >= 11 is 0. The van der Waals surface area contributed by atoms with Crippen LogP contribution < -0.4 is 4.74 Å². The number of ether oxygens (including phenoxy) is 1. The number of piperidine rings is 1. The number of rotatable bonds is 6. The van der Waals surface area contributed by atoms with E-state index in [2.05, 4.69) is 18.7 Å². The Balaban J connectivity index is 1.73. The van der Waals surface area contributed by atoms with Crippen LogP contribution in [0.4, 0.5) is 0 Å². The van der Waals surface area contributed by atoms with Crippen molar-refractivity contribution in [3.63, 3.8) is 0 Å². The number of hydrogen-bond acceptors (Lipinski definition) is 4. The Kier molecular flexibility index (Phi) is 6.12. The Bertz CT molecular complexity index is 971. The van der Waals surface area contributed by atoms with Crippen LogP contribution in [0.1, 0.15) is 38.3 Å². The summed E-state index contributed by atoms with van der Waals surface area (Å²) in [5.74, 6) is 1.29. The molecule has 2 heterocycles. The number of imide groups is 1. The van der Waals surface area contributed by atoms with E-state index in [0.717, 1.165) is 36.4 Å². The first-order valence-corrected chi connectivity index (χ1v) is 11.1. The molecule has 2 aromatic rings. The molecule has 0 aliphatic carbocycles. The van der Waals surface area contributed by atoms with E-state index < -0.39 is 0 Å². The second-order valence-corrected chi connectivity index (χ2v) is 8.71. The van der Waals surface area contributed by atoms with Crippen molar-refractivity contribution >= 4 is 17.4 Å². The van der Waals surface area contributed by atoms with Crippen molar-refractivity contribution in [2.45, 2.75) is 33.7 Å². The second-order valence-electron chi connectivity index (χ2n) is 8.71. The fourth-order valence-electron chi connectivity index (χ4n) is 4.76. The Labute approximate surface area is 184 Å². The molecule has 2 unspecified atom stereocenters. The first kappa shape index (κ1) is 21.2. The van der Waals surface area contributed by atoms with Crippen LogP contribution in [-0.4, -0.2) is 41.3 Å². The number of nitrogens with zero attached hydrogens (tertiary/aromatic N) is 2. The van der Waals surface area contributed by atoms with Crippen LogP contribution in [0.2, 0.25) is 0 Å². The highest BCUT2D eigenvalue weighted by Gasteiger charge is 2.42. The molecule has 4 rings (SSSR count). The number of likely N-dealkylation sites (tertiary alicyclic amines) is 1. The molecule has 2 aromatic carbocycles. The molecule has 0 spiro atoms. The molecule has 1 saturated heterocycles. The van der Waals surface area contributed by atoms with Crippen LogP contribution in [0.3, 0.4) is 0 Å². The van der Waals surface area contributed by atoms with Crippen molar-refractivity contribution in [3.8, 4) is 5.75 Å². The quantitative estimate of drug-likeness (QED) is 0.655. The molecule has 0 N–H and O–H groups in total. The molecule has 1 fully saturated rings. The van der Waals surface area contributed by atoms with E-state index in [0.29, 0.717) is 29.7 Å². The van der Waals surface area contributed by atoms with Gasteiger partial charge in [-0.05, 0) is 48.4 Å². The molecule has 2 amide bonds. The van der Waals surface area contributed by atoms with Crippen molar-refractivity contribution in [2.75, 3.05) is 19.7 Å². The van der Waals surface area contributed by atoms with E-state index in [4.69, 9.17) is 4.74 Å². The SMILES string of the molecule is CCOc1ccc(C2=C(N3CC(C)CC(C)C3)C(=O)N(Cc3ccccc3)C2=O)cc1. The molecular formula is C26H30N2O3. The maximum absolute atomic E-state index is 13.6. The van der Waals surface area contributed by atoms with E-state index >= 15 is 0 Å². The van der Waals surface area contributed by atoms with E-state index in [-0.39, 0.29) is 18.4 Å². The highest BCUT2D eigenvalue weighted by molar-refractivity contribution is 6.35. The molecule has 5 nitrogen and oxygen atoms in total. The average Bonchev–Trinajstić information content (AvgIpc) is 2.99. The summed E-state index contributed by atoms with van der Waals surface area (Å²) in [5.41, 5.74) is 2.75. The molecule has 0 saturated carbocycles. The third-order valence-corrected chi connectivity index (χ3v) is 5.97. The van der Waals surface area contributed by atoms with Crippen molar-refractivity contribution in [1.29, 1.82) is 0 Å². The Morgan fingerprint density at radius 2 is 1.55 bits per heavy atom. The van der Waals surface area contributed by atoms with Crippen LogP contribution in [0, 0.1) is 11.8 Å². The van der Waals surface area contributed by atoms with Crippen LogP contribution in [0.5, 0.6) is 5.75 Å². The van der Waals surface area contributed by atoms with E-state index in [1.807, 2.05) is 61.5 Å². The van der Waals surface area contributed by atoms with Crippen LogP contribution in [0.15, 0.2) is 60.3 Å². The summed E-state index contributed by atoms with van der Waals surface area (Å²) in [6.07, 6.45) is 1.14. The summed E-state index contributed by atoms with van der Waals surface area (Å²) in [7, 11) is 0. The predicted octanol–water partition coefficient (Wildman–Crippen LogP) is 4.34. The zero-order valence-corrected chi connectivity index (χ0v) is 18.5. The molecule has 162 valence electrons. The molecule has 2 aliphatic heterocycles. The van der Waals surface area contributed by atoms with Gasteiger partial charge < -0.3 is 9.64 Å². The van der Waals surface area contributed by atoms with Gasteiger partial charge >= 0.3 is 0 Å². The van der Waals surface area contributed by atoms with Gasteiger partial charge in [-0.2, -0.15) is 0 Å². The summed E-state index contributed by atoms with van der Waals surface area (Å²) < 4.78 is 5.55. The van der Waals surface area contributed by atoms with Gasteiger partial charge in [-0.3, -0.25) is 14.5 Å². The fourth-order valence-corrected chi connectivity index (χ4v) is 4.76. The highest BCUT2D eigenvalue weighted by Crippen LogP contribution is 2.36. The topological polar surface area (TPSA) is 49.9 Å². The van der Waals surface area contributed by atoms with Gasteiger partial charge in [0, 0.05) is 13.1 Å². The van der Waals surface area contributed by atoms with Crippen molar-refractivity contribution in [2.24, 2.45) is 11.8 Å². The standard InChI is InChI=1S/C26H30N2O3/c1-4-31-22-12-10-21(11-13-22)23-24(27-15-18(2)14-19(3)16-27)26(30)28(25(23)29)17-20-8-6-5-7-9-20/h5-13,18-19H,4,14-17H2,1-3H3. The number of amides is 2. The molecule has 0 bridgehead atoms. The largest absolute Gasteiger partial charge is 0.494 e. The van der Waals surface area contributed by atoms with Crippen molar-refractivity contribution in [3.05, 3.63) is 71.4 Å². The summed E-state index contributed by atoms with van der Waals surface area (Å²) in [4.78, 5) is 30.6. The zero-order chi connectivity index (χ0) is 22.0. The van der Waals surface area contributed by atoms with Gasteiger partial charge in [-0.25, -0.2) is 0 Å². The fraction of sp³-hybridized carbons (Fsp3) is 0.385. The number of carbonyl (C=O) groups is 2. The van der Waals surface area contributed by atoms with Gasteiger partial charge in [-0.1, -0.05) is 56.3 Å². The van der Waals surface area contributed by atoms with Crippen molar-refractivity contribution < 1.29 is 14.3 Å². The van der Waals surface area contributed by atoms with Crippen LogP contribution in [-0.2, 0) is 16.1 Å².